The molecular weight excluding hydrogens is 528 g/mol. The molecule has 3 heterocycles. The Hall–Kier alpha value is -3.60. The van der Waals surface area contributed by atoms with E-state index >= 15 is 0 Å². The van der Waals surface area contributed by atoms with Crippen LogP contribution in [0.4, 0.5) is 5.82 Å². The van der Waals surface area contributed by atoms with Crippen molar-refractivity contribution in [3.8, 4) is 0 Å². The number of nitrogens with zero attached hydrogens (tertiary/aromatic N) is 6. The lowest BCUT2D eigenvalue weighted by Gasteiger charge is -2.41. The molecule has 222 valence electrons. The molecule has 1 aromatic carbocycles. The van der Waals surface area contributed by atoms with Gasteiger partial charge in [-0.1, -0.05) is 42.5 Å². The first kappa shape index (κ1) is 28.5. The number of hydrogen-bond donors (Lipinski definition) is 2. The third-order valence-electron chi connectivity index (χ3n) is 9.64. The molecule has 1 saturated carbocycles. The monoisotopic (exact) mass is 570 g/mol. The Bertz CT molecular complexity index is 1470. The van der Waals surface area contributed by atoms with Gasteiger partial charge >= 0.3 is 0 Å². The first-order chi connectivity index (χ1) is 20.4. The quantitative estimate of drug-likeness (QED) is 0.423. The van der Waals surface area contributed by atoms with Gasteiger partial charge in [0.15, 0.2) is 5.65 Å². The van der Waals surface area contributed by atoms with Crippen molar-refractivity contribution in [2.45, 2.75) is 56.7 Å². The van der Waals surface area contributed by atoms with Crippen molar-refractivity contribution >= 4 is 28.3 Å². The summed E-state index contributed by atoms with van der Waals surface area (Å²) in [6, 6.07) is 11.0. The number of ether oxygens (including phenoxy) is 1. The number of anilines is 1. The van der Waals surface area contributed by atoms with Gasteiger partial charge in [-0.3, -0.25) is 9.69 Å². The molecule has 2 unspecified atom stereocenters. The summed E-state index contributed by atoms with van der Waals surface area (Å²) < 4.78 is 7.98. The van der Waals surface area contributed by atoms with Gasteiger partial charge in [0.05, 0.1) is 22.9 Å². The van der Waals surface area contributed by atoms with Gasteiger partial charge in [-0.05, 0) is 57.2 Å². The van der Waals surface area contributed by atoms with Gasteiger partial charge in [0.25, 0.3) is 0 Å². The summed E-state index contributed by atoms with van der Waals surface area (Å²) in [5.41, 5.74) is 14.9. The maximum absolute atomic E-state index is 12.9. The van der Waals surface area contributed by atoms with Crippen LogP contribution < -0.4 is 11.5 Å². The fourth-order valence-electron chi connectivity index (χ4n) is 7.01. The lowest BCUT2D eigenvalue weighted by atomic mass is 9.72. The molecule has 2 fully saturated rings. The molecule has 1 saturated heterocycles. The Morgan fingerprint density at radius 3 is 2.45 bits per heavy atom. The average molecular weight is 571 g/mol. The standard InChI is InChI=1S/C32H42N8O2/c1-38-16-18-39(19-17-38)24-8-10-25(11-9-24)40-30-27(29(33)35-21-36-30)28(37-40)23-13-15-32(31(34)41,26(20-23)42-2)14-12-22-6-4-3-5-7-22/h3-7,13,15,20-21,24-26H,8-12,14,16-19H2,1-2H3,(H2,34,41)(H2,33,35,36). The number of carbonyl (C=O) groups is 1. The number of carbonyl (C=O) groups excluding carboxylic acids is 1. The van der Waals surface area contributed by atoms with Crippen molar-refractivity contribution in [2.75, 3.05) is 46.1 Å². The first-order valence-electron chi connectivity index (χ1n) is 15.1. The maximum atomic E-state index is 12.9. The Kier molecular flexibility index (Phi) is 8.11. The molecule has 1 amide bonds. The second-order valence-corrected chi connectivity index (χ2v) is 12.1. The molecule has 0 radical (unpaired) electrons. The summed E-state index contributed by atoms with van der Waals surface area (Å²) in [5.74, 6) is -0.0152. The van der Waals surface area contributed by atoms with E-state index in [2.05, 4.69) is 43.6 Å². The van der Waals surface area contributed by atoms with Gasteiger partial charge in [-0.15, -0.1) is 0 Å². The minimum atomic E-state index is -0.976. The van der Waals surface area contributed by atoms with E-state index in [9.17, 15) is 4.79 Å². The first-order valence-corrected chi connectivity index (χ1v) is 15.1. The number of benzene rings is 1. The molecule has 3 aliphatic rings. The SMILES string of the molecule is COC1C=C(c2nn(C3CCC(N4CCN(C)CC4)CC3)c3ncnc(N)c23)C=CC1(CCc1ccccc1)C(N)=O. The number of piperazine rings is 1. The number of hydrogen-bond acceptors (Lipinski definition) is 8. The number of rotatable bonds is 8. The number of primary amides is 1. The fourth-order valence-corrected chi connectivity index (χ4v) is 7.01. The van der Waals surface area contributed by atoms with Crippen molar-refractivity contribution in [1.82, 2.24) is 29.5 Å². The minimum Gasteiger partial charge on any atom is -0.383 e. The average Bonchev–Trinajstić information content (AvgIpc) is 3.42. The van der Waals surface area contributed by atoms with Crippen LogP contribution in [0.1, 0.15) is 49.4 Å². The third-order valence-corrected chi connectivity index (χ3v) is 9.64. The van der Waals surface area contributed by atoms with E-state index in [0.717, 1.165) is 74.0 Å². The summed E-state index contributed by atoms with van der Waals surface area (Å²) in [4.78, 5) is 27.0. The van der Waals surface area contributed by atoms with Gasteiger partial charge in [-0.25, -0.2) is 14.6 Å². The number of methoxy groups -OCH3 is 1. The molecule has 6 rings (SSSR count). The van der Waals surface area contributed by atoms with E-state index in [4.69, 9.17) is 21.3 Å². The lowest BCUT2D eigenvalue weighted by Crippen LogP contribution is -2.49. The highest BCUT2D eigenvalue weighted by Crippen LogP contribution is 2.41. The van der Waals surface area contributed by atoms with Crippen molar-refractivity contribution in [3.63, 3.8) is 0 Å². The zero-order valence-electron chi connectivity index (χ0n) is 24.7. The minimum absolute atomic E-state index is 0.237. The highest BCUT2D eigenvalue weighted by molar-refractivity contribution is 5.99. The maximum Gasteiger partial charge on any atom is 0.230 e. The Balaban J connectivity index is 1.27. The van der Waals surface area contributed by atoms with E-state index in [0.29, 0.717) is 30.4 Å². The van der Waals surface area contributed by atoms with Crippen LogP contribution in [-0.2, 0) is 16.0 Å². The van der Waals surface area contributed by atoms with Gasteiger partial charge in [-0.2, -0.15) is 5.10 Å². The molecule has 0 bridgehead atoms. The van der Waals surface area contributed by atoms with Crippen LogP contribution in [0.2, 0.25) is 0 Å². The zero-order chi connectivity index (χ0) is 29.3. The van der Waals surface area contributed by atoms with Crippen LogP contribution in [0.5, 0.6) is 0 Å². The van der Waals surface area contributed by atoms with Crippen LogP contribution in [0.3, 0.4) is 0 Å². The fraction of sp³-hybridized carbons (Fsp3) is 0.500. The van der Waals surface area contributed by atoms with Crippen LogP contribution in [-0.4, -0.2) is 87.9 Å². The molecule has 0 spiro atoms. The van der Waals surface area contributed by atoms with E-state index in [1.165, 1.54) is 6.33 Å². The van der Waals surface area contributed by atoms with E-state index < -0.39 is 17.4 Å². The largest absolute Gasteiger partial charge is 0.383 e. The predicted molar refractivity (Wildman–Crippen MR) is 164 cm³/mol. The zero-order valence-corrected chi connectivity index (χ0v) is 24.7. The number of aryl methyl sites for hydroxylation is 1. The molecule has 2 aromatic heterocycles. The number of nitrogen functional groups attached to an aromatic ring is 1. The van der Waals surface area contributed by atoms with Crippen molar-refractivity contribution in [2.24, 2.45) is 11.1 Å². The number of nitrogens with two attached hydrogens (primary N) is 2. The molecule has 1 aliphatic heterocycles. The Labute approximate surface area is 247 Å². The van der Waals surface area contributed by atoms with Crippen molar-refractivity contribution < 1.29 is 9.53 Å². The number of allylic oxidation sites excluding steroid dienone is 2. The van der Waals surface area contributed by atoms with Gasteiger partial charge in [0, 0.05) is 44.9 Å². The van der Waals surface area contributed by atoms with Crippen molar-refractivity contribution in [3.05, 3.63) is 66.1 Å². The highest BCUT2D eigenvalue weighted by Gasteiger charge is 2.43. The van der Waals surface area contributed by atoms with Gasteiger partial charge < -0.3 is 21.1 Å². The number of aromatic nitrogens is 4. The van der Waals surface area contributed by atoms with E-state index in [1.54, 1.807) is 7.11 Å². The number of likely N-dealkylation sites (N-methyl/N-ethyl adjacent to an activating group) is 1. The Morgan fingerprint density at radius 1 is 1.05 bits per heavy atom. The predicted octanol–water partition coefficient (Wildman–Crippen LogP) is 3.21. The van der Waals surface area contributed by atoms with Crippen LogP contribution in [0.15, 0.2) is 54.9 Å². The molecule has 10 nitrogen and oxygen atoms in total. The molecular formula is C32H42N8O2. The molecule has 4 N–H and O–H groups in total. The van der Waals surface area contributed by atoms with Gasteiger partial charge in [0.1, 0.15) is 17.8 Å². The van der Waals surface area contributed by atoms with Crippen LogP contribution >= 0.6 is 0 Å². The number of fused-ring (bicyclic) bond motifs is 1. The highest BCUT2D eigenvalue weighted by atomic mass is 16.5. The number of amides is 1. The normalized spacial score (nSPS) is 27.3. The topological polar surface area (TPSA) is 128 Å². The molecule has 2 aliphatic carbocycles. The lowest BCUT2D eigenvalue weighted by molar-refractivity contribution is -0.130. The van der Waals surface area contributed by atoms with E-state index in [-0.39, 0.29) is 6.04 Å². The van der Waals surface area contributed by atoms with Crippen LogP contribution in [0, 0.1) is 5.41 Å². The summed E-state index contributed by atoms with van der Waals surface area (Å²) in [5, 5.41) is 5.86. The van der Waals surface area contributed by atoms with Crippen molar-refractivity contribution in [1.29, 1.82) is 0 Å². The summed E-state index contributed by atoms with van der Waals surface area (Å²) >= 11 is 0. The van der Waals surface area contributed by atoms with Gasteiger partial charge in [0.2, 0.25) is 5.91 Å². The molecule has 42 heavy (non-hydrogen) atoms. The second-order valence-electron chi connectivity index (χ2n) is 12.1. The molecule has 10 heteroatoms. The van der Waals surface area contributed by atoms with Crippen LogP contribution in [0.25, 0.3) is 16.6 Å². The summed E-state index contributed by atoms with van der Waals surface area (Å²) in [7, 11) is 3.82. The Morgan fingerprint density at radius 2 is 1.76 bits per heavy atom. The second kappa shape index (κ2) is 11.9. The third kappa shape index (κ3) is 5.34. The smallest absolute Gasteiger partial charge is 0.230 e. The van der Waals surface area contributed by atoms with E-state index in [1.807, 2.05) is 36.4 Å². The summed E-state index contributed by atoms with van der Waals surface area (Å²) in [6.07, 6.45) is 12.3. The molecule has 3 aromatic rings. The molecule has 2 atom stereocenters. The summed E-state index contributed by atoms with van der Waals surface area (Å²) in [6.45, 7) is 4.56.